The summed E-state index contributed by atoms with van der Waals surface area (Å²) in [6.45, 7) is 1.91. The molecular formula is C19H16FN3O3. The number of phenols is 1. The number of nitrogens with one attached hydrogen (secondary N) is 1. The third kappa shape index (κ3) is 2.24. The van der Waals surface area contributed by atoms with E-state index in [0.717, 1.165) is 22.4 Å². The van der Waals surface area contributed by atoms with Gasteiger partial charge in [-0.2, -0.15) is 5.10 Å². The van der Waals surface area contributed by atoms with Crippen molar-refractivity contribution in [3.8, 4) is 28.5 Å². The first-order valence-corrected chi connectivity index (χ1v) is 7.92. The zero-order valence-electron chi connectivity index (χ0n) is 14.4. The zero-order valence-corrected chi connectivity index (χ0v) is 14.4. The van der Waals surface area contributed by atoms with Gasteiger partial charge in [0.1, 0.15) is 11.6 Å². The molecule has 0 aliphatic heterocycles. The van der Waals surface area contributed by atoms with Gasteiger partial charge in [0, 0.05) is 33.4 Å². The molecule has 2 N–H and O–H groups in total. The molecule has 0 bridgehead atoms. The Hall–Kier alpha value is -3.35. The number of aromatic nitrogens is 3. The number of aromatic hydroxyl groups is 1. The van der Waals surface area contributed by atoms with Crippen molar-refractivity contribution in [1.29, 1.82) is 0 Å². The summed E-state index contributed by atoms with van der Waals surface area (Å²) in [5.41, 5.74) is 2.08. The molecule has 4 rings (SSSR count). The fraction of sp³-hybridized carbons (Fsp3) is 0.158. The van der Waals surface area contributed by atoms with Gasteiger partial charge in [-0.25, -0.2) is 9.37 Å². The van der Waals surface area contributed by atoms with Crippen molar-refractivity contribution in [1.82, 2.24) is 15.2 Å². The van der Waals surface area contributed by atoms with Crippen LogP contribution in [-0.4, -0.2) is 34.5 Å². The van der Waals surface area contributed by atoms with Gasteiger partial charge >= 0.3 is 0 Å². The standard InChI is InChI=1S/C19H16FN3O3/c1-9-16-12(7-15(25-2)18(9)26-3)17(22-19-13(16)8-21-23-19)11-5-4-10(24)6-14(11)20/h4-8,24H,1-3H3,(H,21,22,23). The average Bonchev–Trinajstić information content (AvgIpc) is 3.09. The fourth-order valence-electron chi connectivity index (χ4n) is 3.33. The third-order valence-electron chi connectivity index (χ3n) is 4.48. The Labute approximate surface area is 148 Å². The number of benzene rings is 2. The van der Waals surface area contributed by atoms with Crippen LogP contribution in [0.3, 0.4) is 0 Å². The molecule has 132 valence electrons. The number of hydrogen-bond donors (Lipinski definition) is 2. The van der Waals surface area contributed by atoms with Gasteiger partial charge in [0.15, 0.2) is 17.1 Å². The highest BCUT2D eigenvalue weighted by Gasteiger charge is 2.20. The predicted molar refractivity (Wildman–Crippen MR) is 96.3 cm³/mol. The second kappa shape index (κ2) is 5.87. The van der Waals surface area contributed by atoms with Crippen molar-refractivity contribution < 1.29 is 19.0 Å². The summed E-state index contributed by atoms with van der Waals surface area (Å²) in [7, 11) is 3.12. The number of fused-ring (bicyclic) bond motifs is 3. The van der Waals surface area contributed by atoms with E-state index in [-0.39, 0.29) is 11.3 Å². The second-order valence-corrected chi connectivity index (χ2v) is 5.92. The van der Waals surface area contributed by atoms with E-state index < -0.39 is 5.82 Å². The Balaban J connectivity index is 2.20. The minimum Gasteiger partial charge on any atom is -0.508 e. The van der Waals surface area contributed by atoms with E-state index in [9.17, 15) is 9.50 Å². The van der Waals surface area contributed by atoms with E-state index >= 15 is 0 Å². The summed E-state index contributed by atoms with van der Waals surface area (Å²) in [5, 5.41) is 18.8. The highest BCUT2D eigenvalue weighted by atomic mass is 19.1. The molecule has 7 heteroatoms. The van der Waals surface area contributed by atoms with Gasteiger partial charge in [-0.1, -0.05) is 0 Å². The van der Waals surface area contributed by atoms with Crippen molar-refractivity contribution in [2.24, 2.45) is 0 Å². The third-order valence-corrected chi connectivity index (χ3v) is 4.48. The first-order chi connectivity index (χ1) is 12.5. The predicted octanol–water partition coefficient (Wildman–Crippen LogP) is 3.95. The van der Waals surface area contributed by atoms with Gasteiger partial charge < -0.3 is 14.6 Å². The van der Waals surface area contributed by atoms with E-state index in [2.05, 4.69) is 15.2 Å². The number of rotatable bonds is 3. The van der Waals surface area contributed by atoms with Crippen LogP contribution < -0.4 is 9.47 Å². The number of halogens is 1. The molecule has 0 atom stereocenters. The maximum Gasteiger partial charge on any atom is 0.164 e. The van der Waals surface area contributed by atoms with Crippen molar-refractivity contribution in [3.05, 3.63) is 41.8 Å². The Morgan fingerprint density at radius 1 is 1.12 bits per heavy atom. The maximum absolute atomic E-state index is 14.5. The van der Waals surface area contributed by atoms with Gasteiger partial charge in [0.2, 0.25) is 0 Å². The molecular weight excluding hydrogens is 337 g/mol. The highest BCUT2D eigenvalue weighted by Crippen LogP contribution is 2.43. The average molecular weight is 353 g/mol. The van der Waals surface area contributed by atoms with Gasteiger partial charge in [-0.3, -0.25) is 5.10 Å². The molecule has 0 amide bonds. The molecule has 0 aliphatic rings. The minimum atomic E-state index is -0.565. The largest absolute Gasteiger partial charge is 0.508 e. The summed E-state index contributed by atoms with van der Waals surface area (Å²) < 4.78 is 25.5. The summed E-state index contributed by atoms with van der Waals surface area (Å²) >= 11 is 0. The second-order valence-electron chi connectivity index (χ2n) is 5.92. The first kappa shape index (κ1) is 16.1. The Kier molecular flexibility index (Phi) is 3.64. The van der Waals surface area contributed by atoms with Crippen LogP contribution in [-0.2, 0) is 0 Å². The van der Waals surface area contributed by atoms with Crippen LogP contribution in [0, 0.1) is 12.7 Å². The van der Waals surface area contributed by atoms with E-state index in [1.54, 1.807) is 26.5 Å². The normalized spacial score (nSPS) is 11.2. The number of phenolic OH excluding ortho intramolecular Hbond substituents is 1. The van der Waals surface area contributed by atoms with Crippen molar-refractivity contribution in [2.45, 2.75) is 6.92 Å². The lowest BCUT2D eigenvalue weighted by Crippen LogP contribution is -1.98. The van der Waals surface area contributed by atoms with Crippen molar-refractivity contribution in [3.63, 3.8) is 0 Å². The summed E-state index contributed by atoms with van der Waals surface area (Å²) in [5.74, 6) is 0.423. The number of nitrogens with zero attached hydrogens (tertiary/aromatic N) is 2. The lowest BCUT2D eigenvalue weighted by atomic mass is 9.97. The Bertz CT molecular complexity index is 1150. The zero-order chi connectivity index (χ0) is 18.4. The van der Waals surface area contributed by atoms with Gasteiger partial charge in [-0.05, 0) is 25.1 Å². The Morgan fingerprint density at radius 2 is 1.92 bits per heavy atom. The van der Waals surface area contributed by atoms with Crippen LogP contribution in [0.25, 0.3) is 33.1 Å². The molecule has 0 saturated carbocycles. The summed E-state index contributed by atoms with van der Waals surface area (Å²) in [6.07, 6.45) is 1.68. The van der Waals surface area contributed by atoms with E-state index in [4.69, 9.17) is 9.47 Å². The van der Waals surface area contributed by atoms with E-state index in [1.807, 2.05) is 6.92 Å². The lowest BCUT2D eigenvalue weighted by Gasteiger charge is -2.16. The Morgan fingerprint density at radius 3 is 2.62 bits per heavy atom. The highest BCUT2D eigenvalue weighted by molar-refractivity contribution is 6.12. The van der Waals surface area contributed by atoms with Crippen LogP contribution in [0.2, 0.25) is 0 Å². The first-order valence-electron chi connectivity index (χ1n) is 7.92. The van der Waals surface area contributed by atoms with Crippen molar-refractivity contribution in [2.75, 3.05) is 14.2 Å². The molecule has 2 aromatic heterocycles. The topological polar surface area (TPSA) is 80.3 Å². The van der Waals surface area contributed by atoms with Crippen LogP contribution in [0.15, 0.2) is 30.5 Å². The molecule has 0 aliphatic carbocycles. The van der Waals surface area contributed by atoms with Crippen LogP contribution >= 0.6 is 0 Å². The SMILES string of the molecule is COc1cc2c(-c3ccc(O)cc3F)nc3[nH]ncc3c2c(C)c1OC. The maximum atomic E-state index is 14.5. The minimum absolute atomic E-state index is 0.145. The van der Waals surface area contributed by atoms with Gasteiger partial charge in [0.25, 0.3) is 0 Å². The van der Waals surface area contributed by atoms with Crippen LogP contribution in [0.5, 0.6) is 17.2 Å². The fourth-order valence-corrected chi connectivity index (χ4v) is 3.33. The van der Waals surface area contributed by atoms with Crippen LogP contribution in [0.4, 0.5) is 4.39 Å². The molecule has 26 heavy (non-hydrogen) atoms. The van der Waals surface area contributed by atoms with E-state index in [0.29, 0.717) is 28.2 Å². The number of hydrogen-bond acceptors (Lipinski definition) is 5. The lowest BCUT2D eigenvalue weighted by molar-refractivity contribution is 0.354. The molecule has 4 aromatic rings. The number of ether oxygens (including phenoxy) is 2. The number of H-pyrrole nitrogens is 1. The van der Waals surface area contributed by atoms with E-state index in [1.165, 1.54) is 12.1 Å². The molecule has 0 fully saturated rings. The monoisotopic (exact) mass is 353 g/mol. The molecule has 2 heterocycles. The summed E-state index contributed by atoms with van der Waals surface area (Å²) in [6, 6.07) is 5.77. The molecule has 0 spiro atoms. The number of aryl methyl sites for hydroxylation is 1. The van der Waals surface area contributed by atoms with Gasteiger partial charge in [-0.15, -0.1) is 0 Å². The molecule has 0 saturated heterocycles. The summed E-state index contributed by atoms with van der Waals surface area (Å²) in [4.78, 5) is 4.56. The molecule has 0 unspecified atom stereocenters. The van der Waals surface area contributed by atoms with Crippen LogP contribution in [0.1, 0.15) is 5.56 Å². The van der Waals surface area contributed by atoms with Crippen molar-refractivity contribution >= 4 is 21.8 Å². The van der Waals surface area contributed by atoms with Gasteiger partial charge in [0.05, 0.1) is 26.1 Å². The number of aromatic amines is 1. The quantitative estimate of drug-likeness (QED) is 0.583. The number of pyridine rings is 1. The smallest absolute Gasteiger partial charge is 0.164 e. The number of methoxy groups -OCH3 is 2. The molecule has 0 radical (unpaired) electrons. The molecule has 6 nitrogen and oxygen atoms in total. The molecule has 2 aromatic carbocycles.